The van der Waals surface area contributed by atoms with E-state index in [1.807, 2.05) is 13.8 Å². The zero-order valence-electron chi connectivity index (χ0n) is 18.3. The molecule has 0 aliphatic heterocycles. The van der Waals surface area contributed by atoms with Gasteiger partial charge in [0.25, 0.3) is 5.91 Å². The van der Waals surface area contributed by atoms with Crippen molar-refractivity contribution in [1.82, 2.24) is 5.43 Å². The summed E-state index contributed by atoms with van der Waals surface area (Å²) in [5.74, 6) is 0.875. The number of benzene rings is 3. The van der Waals surface area contributed by atoms with E-state index in [2.05, 4.69) is 10.5 Å². The minimum absolute atomic E-state index is 0.259. The quantitative estimate of drug-likeness (QED) is 0.308. The monoisotopic (exact) mass is 470 g/mol. The van der Waals surface area contributed by atoms with Gasteiger partial charge in [0.15, 0.2) is 11.5 Å². The van der Waals surface area contributed by atoms with E-state index in [9.17, 15) is 9.18 Å². The van der Waals surface area contributed by atoms with E-state index >= 15 is 0 Å². The van der Waals surface area contributed by atoms with Crippen molar-refractivity contribution in [2.45, 2.75) is 20.5 Å². The second kappa shape index (κ2) is 11.9. The molecular formula is C25H24ClFN2O4. The fourth-order valence-corrected chi connectivity index (χ4v) is 3.12. The third-order valence-corrected chi connectivity index (χ3v) is 4.74. The van der Waals surface area contributed by atoms with Crippen LogP contribution in [0.15, 0.2) is 65.8 Å². The normalized spacial score (nSPS) is 10.8. The van der Waals surface area contributed by atoms with E-state index in [-0.39, 0.29) is 18.3 Å². The molecule has 172 valence electrons. The third kappa shape index (κ3) is 6.95. The molecule has 0 radical (unpaired) electrons. The van der Waals surface area contributed by atoms with E-state index in [1.54, 1.807) is 48.5 Å². The van der Waals surface area contributed by atoms with Crippen molar-refractivity contribution >= 4 is 23.7 Å². The van der Waals surface area contributed by atoms with Gasteiger partial charge in [-0.2, -0.15) is 5.10 Å². The molecule has 0 atom stereocenters. The molecule has 6 nitrogen and oxygen atoms in total. The molecule has 1 N–H and O–H groups in total. The molecule has 0 aromatic heterocycles. The highest BCUT2D eigenvalue weighted by Crippen LogP contribution is 2.29. The molecule has 1 amide bonds. The van der Waals surface area contributed by atoms with Gasteiger partial charge in [-0.25, -0.2) is 9.82 Å². The molecule has 0 spiro atoms. The van der Waals surface area contributed by atoms with Crippen LogP contribution in [0, 0.1) is 5.82 Å². The topological polar surface area (TPSA) is 69.2 Å². The Morgan fingerprint density at radius 1 is 0.939 bits per heavy atom. The fraction of sp³-hybridized carbons (Fsp3) is 0.200. The van der Waals surface area contributed by atoms with Gasteiger partial charge in [-0.3, -0.25) is 4.79 Å². The van der Waals surface area contributed by atoms with Gasteiger partial charge in [0, 0.05) is 5.56 Å². The molecule has 0 unspecified atom stereocenters. The Morgan fingerprint density at radius 3 is 2.33 bits per heavy atom. The van der Waals surface area contributed by atoms with Gasteiger partial charge in [0.05, 0.1) is 24.5 Å². The van der Waals surface area contributed by atoms with Crippen LogP contribution in [-0.2, 0) is 6.61 Å². The van der Waals surface area contributed by atoms with Crippen LogP contribution in [0.2, 0.25) is 5.02 Å². The molecule has 0 heterocycles. The molecule has 3 aromatic rings. The lowest BCUT2D eigenvalue weighted by molar-refractivity contribution is 0.0954. The van der Waals surface area contributed by atoms with E-state index in [1.165, 1.54) is 18.3 Å². The molecule has 0 fully saturated rings. The SMILES string of the molecule is CCOc1ccc(C(=O)N/N=C/c2ccc(OCc3ccc(F)cc3)c(Cl)c2)cc1OCC. The number of rotatable bonds is 10. The average Bonchev–Trinajstić information content (AvgIpc) is 2.81. The number of carbonyl (C=O) groups excluding carboxylic acids is 1. The van der Waals surface area contributed by atoms with Crippen molar-refractivity contribution in [2.75, 3.05) is 13.2 Å². The summed E-state index contributed by atoms with van der Waals surface area (Å²) >= 11 is 6.29. The number of halogens is 2. The van der Waals surface area contributed by atoms with E-state index < -0.39 is 0 Å². The first kappa shape index (κ1) is 24.1. The summed E-state index contributed by atoms with van der Waals surface area (Å²) in [4.78, 5) is 12.4. The zero-order chi connectivity index (χ0) is 23.6. The van der Waals surface area contributed by atoms with E-state index in [0.29, 0.717) is 46.6 Å². The molecule has 8 heteroatoms. The first-order chi connectivity index (χ1) is 16.0. The maximum absolute atomic E-state index is 13.0. The Labute approximate surface area is 196 Å². The summed E-state index contributed by atoms with van der Waals surface area (Å²) in [6.07, 6.45) is 1.48. The van der Waals surface area contributed by atoms with Crippen LogP contribution in [0.1, 0.15) is 35.3 Å². The smallest absolute Gasteiger partial charge is 0.271 e. The molecule has 33 heavy (non-hydrogen) atoms. The summed E-state index contributed by atoms with van der Waals surface area (Å²) in [6, 6.07) is 16.1. The summed E-state index contributed by atoms with van der Waals surface area (Å²) < 4.78 is 29.7. The van der Waals surface area contributed by atoms with Crippen molar-refractivity contribution in [2.24, 2.45) is 5.10 Å². The van der Waals surface area contributed by atoms with Crippen molar-refractivity contribution in [3.05, 3.63) is 88.2 Å². The summed E-state index contributed by atoms with van der Waals surface area (Å²) in [5, 5.41) is 4.38. The van der Waals surface area contributed by atoms with Gasteiger partial charge >= 0.3 is 0 Å². The van der Waals surface area contributed by atoms with Crippen LogP contribution < -0.4 is 19.6 Å². The third-order valence-electron chi connectivity index (χ3n) is 4.45. The first-order valence-corrected chi connectivity index (χ1v) is 10.8. The minimum atomic E-state index is -0.388. The number of ether oxygens (including phenoxy) is 3. The highest BCUT2D eigenvalue weighted by atomic mass is 35.5. The van der Waals surface area contributed by atoms with E-state index in [4.69, 9.17) is 25.8 Å². The Bertz CT molecular complexity index is 1120. The van der Waals surface area contributed by atoms with Crippen LogP contribution >= 0.6 is 11.6 Å². The predicted molar refractivity (Wildman–Crippen MR) is 126 cm³/mol. The first-order valence-electron chi connectivity index (χ1n) is 10.4. The van der Waals surface area contributed by atoms with Crippen LogP contribution in [0.3, 0.4) is 0 Å². The molecule has 0 saturated heterocycles. The highest BCUT2D eigenvalue weighted by Gasteiger charge is 2.11. The van der Waals surface area contributed by atoms with Gasteiger partial charge < -0.3 is 14.2 Å². The lowest BCUT2D eigenvalue weighted by atomic mass is 10.2. The van der Waals surface area contributed by atoms with Crippen molar-refractivity contribution < 1.29 is 23.4 Å². The summed E-state index contributed by atoms with van der Waals surface area (Å²) in [5.41, 5.74) is 4.37. The van der Waals surface area contributed by atoms with Crippen molar-refractivity contribution in [3.8, 4) is 17.2 Å². The number of amides is 1. The summed E-state index contributed by atoms with van der Waals surface area (Å²) in [7, 11) is 0. The largest absolute Gasteiger partial charge is 0.490 e. The minimum Gasteiger partial charge on any atom is -0.490 e. The second-order valence-electron chi connectivity index (χ2n) is 6.83. The fourth-order valence-electron chi connectivity index (χ4n) is 2.88. The van der Waals surface area contributed by atoms with Gasteiger partial charge in [-0.15, -0.1) is 0 Å². The van der Waals surface area contributed by atoms with Crippen LogP contribution in [0.5, 0.6) is 17.2 Å². The Morgan fingerprint density at radius 2 is 1.64 bits per heavy atom. The Hall–Kier alpha value is -3.58. The van der Waals surface area contributed by atoms with Gasteiger partial charge in [0.1, 0.15) is 18.2 Å². The van der Waals surface area contributed by atoms with Gasteiger partial charge in [-0.05, 0) is 73.5 Å². The number of hydrogen-bond donors (Lipinski definition) is 1. The summed E-state index contributed by atoms with van der Waals surface area (Å²) in [6.45, 7) is 4.94. The Balaban J connectivity index is 1.59. The lowest BCUT2D eigenvalue weighted by Crippen LogP contribution is -2.17. The standard InChI is InChI=1S/C25H24ClFN2O4/c1-3-31-23-12-8-19(14-24(23)32-4-2)25(30)29-28-15-18-7-11-22(21(26)13-18)33-16-17-5-9-20(27)10-6-17/h5-15H,3-4,16H2,1-2H3,(H,29,30)/b28-15+. The van der Waals surface area contributed by atoms with Gasteiger partial charge in [-0.1, -0.05) is 23.7 Å². The molecular weight excluding hydrogens is 447 g/mol. The molecule has 3 rings (SSSR count). The maximum atomic E-state index is 13.0. The van der Waals surface area contributed by atoms with Crippen LogP contribution in [0.4, 0.5) is 4.39 Å². The molecule has 0 aliphatic rings. The van der Waals surface area contributed by atoms with Gasteiger partial charge in [0.2, 0.25) is 0 Å². The number of hydrogen-bond acceptors (Lipinski definition) is 5. The second-order valence-corrected chi connectivity index (χ2v) is 7.24. The maximum Gasteiger partial charge on any atom is 0.271 e. The lowest BCUT2D eigenvalue weighted by Gasteiger charge is -2.11. The Kier molecular flexibility index (Phi) is 8.66. The number of nitrogens with zero attached hydrogens (tertiary/aromatic N) is 1. The van der Waals surface area contributed by atoms with Crippen LogP contribution in [0.25, 0.3) is 0 Å². The molecule has 0 aliphatic carbocycles. The number of hydrazone groups is 1. The van der Waals surface area contributed by atoms with Crippen molar-refractivity contribution in [1.29, 1.82) is 0 Å². The average molecular weight is 471 g/mol. The van der Waals surface area contributed by atoms with Crippen molar-refractivity contribution in [3.63, 3.8) is 0 Å². The van der Waals surface area contributed by atoms with Crippen LogP contribution in [-0.4, -0.2) is 25.3 Å². The number of nitrogens with one attached hydrogen (secondary N) is 1. The highest BCUT2D eigenvalue weighted by molar-refractivity contribution is 6.32. The molecule has 3 aromatic carbocycles. The predicted octanol–water partition coefficient (Wildman–Crippen LogP) is 5.62. The number of carbonyl (C=O) groups is 1. The van der Waals surface area contributed by atoms with E-state index in [0.717, 1.165) is 5.56 Å². The molecule has 0 saturated carbocycles. The molecule has 0 bridgehead atoms. The zero-order valence-corrected chi connectivity index (χ0v) is 19.1.